The summed E-state index contributed by atoms with van der Waals surface area (Å²) in [5.41, 5.74) is 0.834. The number of imidazole rings is 1. The number of aromatic nitrogens is 2. The Kier molecular flexibility index (Phi) is 3.30. The van der Waals surface area contributed by atoms with Gasteiger partial charge in [0, 0.05) is 25.0 Å². The van der Waals surface area contributed by atoms with Crippen LogP contribution in [0.5, 0.6) is 0 Å². The Morgan fingerprint density at radius 3 is 2.73 bits per heavy atom. The Morgan fingerprint density at radius 2 is 2.27 bits per heavy atom. The molecule has 0 fully saturated rings. The number of aryl methyl sites for hydroxylation is 1. The molecule has 0 aliphatic rings. The molecule has 80 valence electrons. The monoisotopic (exact) mass is 350 g/mol. The van der Waals surface area contributed by atoms with Gasteiger partial charge >= 0.3 is 0 Å². The van der Waals surface area contributed by atoms with Crippen LogP contribution < -0.4 is 0 Å². The Hall–Kier alpha value is -0.170. The zero-order valence-corrected chi connectivity index (χ0v) is 11.8. The summed E-state index contributed by atoms with van der Waals surface area (Å²) in [7, 11) is 1.86. The molecule has 0 saturated carbocycles. The lowest BCUT2D eigenvalue weighted by atomic mass is 10.2. The normalized spacial score (nSPS) is 13.1. The molecular formula is C9H8Br2N2OS. The number of aliphatic hydroxyl groups excluding tert-OH is 1. The van der Waals surface area contributed by atoms with Crippen LogP contribution in [0.15, 0.2) is 26.0 Å². The van der Waals surface area contributed by atoms with Crippen molar-refractivity contribution in [2.45, 2.75) is 6.10 Å². The van der Waals surface area contributed by atoms with Gasteiger partial charge < -0.3 is 9.67 Å². The molecule has 15 heavy (non-hydrogen) atoms. The highest BCUT2D eigenvalue weighted by Crippen LogP contribution is 2.37. The van der Waals surface area contributed by atoms with Crippen LogP contribution in [0.2, 0.25) is 0 Å². The van der Waals surface area contributed by atoms with Crippen LogP contribution in [-0.2, 0) is 7.05 Å². The first-order valence-corrected chi connectivity index (χ1v) is 6.60. The van der Waals surface area contributed by atoms with Crippen LogP contribution in [0.3, 0.4) is 0 Å². The smallest absolute Gasteiger partial charge is 0.142 e. The molecule has 3 nitrogen and oxygen atoms in total. The second-order valence-corrected chi connectivity index (χ2v) is 6.83. The predicted octanol–water partition coefficient (Wildman–Crippen LogP) is 3.09. The van der Waals surface area contributed by atoms with E-state index in [1.807, 2.05) is 23.9 Å². The van der Waals surface area contributed by atoms with Gasteiger partial charge in [0.1, 0.15) is 11.9 Å². The van der Waals surface area contributed by atoms with E-state index in [0.717, 1.165) is 13.1 Å². The van der Waals surface area contributed by atoms with Gasteiger partial charge in [-0.1, -0.05) is 0 Å². The molecule has 2 aromatic rings. The molecule has 0 amide bonds. The van der Waals surface area contributed by atoms with Crippen molar-refractivity contribution >= 4 is 43.2 Å². The van der Waals surface area contributed by atoms with Gasteiger partial charge in [-0.25, -0.2) is 4.98 Å². The van der Waals surface area contributed by atoms with Gasteiger partial charge in [-0.05, 0) is 37.9 Å². The third-order valence-electron chi connectivity index (χ3n) is 2.08. The summed E-state index contributed by atoms with van der Waals surface area (Å²) in [5, 5.41) is 10.1. The van der Waals surface area contributed by atoms with Gasteiger partial charge in [0.2, 0.25) is 0 Å². The molecule has 6 heteroatoms. The summed E-state index contributed by atoms with van der Waals surface area (Å²) < 4.78 is 3.71. The molecule has 2 heterocycles. The fraction of sp³-hybridized carbons (Fsp3) is 0.222. The maximum Gasteiger partial charge on any atom is 0.142 e. The fourth-order valence-electron chi connectivity index (χ4n) is 1.32. The topological polar surface area (TPSA) is 38.0 Å². The fourth-order valence-corrected chi connectivity index (χ4v) is 4.20. The third kappa shape index (κ3) is 2.18. The molecule has 2 aromatic heterocycles. The van der Waals surface area contributed by atoms with Crippen LogP contribution in [0, 0.1) is 0 Å². The lowest BCUT2D eigenvalue weighted by molar-refractivity contribution is 0.206. The maximum atomic E-state index is 10.1. The number of thiophene rings is 1. The average Bonchev–Trinajstić information content (AvgIpc) is 2.71. The van der Waals surface area contributed by atoms with Crippen LogP contribution in [0.4, 0.5) is 0 Å². The largest absolute Gasteiger partial charge is 0.380 e. The Balaban J connectivity index is 2.40. The Morgan fingerprint density at radius 1 is 1.53 bits per heavy atom. The van der Waals surface area contributed by atoms with Crippen molar-refractivity contribution in [1.29, 1.82) is 0 Å². The van der Waals surface area contributed by atoms with E-state index >= 15 is 0 Å². The highest BCUT2D eigenvalue weighted by atomic mass is 79.9. The predicted molar refractivity (Wildman–Crippen MR) is 67.0 cm³/mol. The van der Waals surface area contributed by atoms with Gasteiger partial charge in [-0.15, -0.1) is 11.3 Å². The van der Waals surface area contributed by atoms with Crippen molar-refractivity contribution in [3.8, 4) is 0 Å². The van der Waals surface area contributed by atoms with E-state index in [1.54, 1.807) is 6.20 Å². The van der Waals surface area contributed by atoms with E-state index < -0.39 is 6.10 Å². The highest BCUT2D eigenvalue weighted by molar-refractivity contribution is 9.12. The molecule has 0 aliphatic carbocycles. The number of hydrogen-bond donors (Lipinski definition) is 1. The van der Waals surface area contributed by atoms with Crippen molar-refractivity contribution in [1.82, 2.24) is 9.55 Å². The third-order valence-corrected chi connectivity index (χ3v) is 4.47. The summed E-state index contributed by atoms with van der Waals surface area (Å²) in [6.45, 7) is 0. The number of nitrogens with zero attached hydrogens (tertiary/aromatic N) is 2. The zero-order valence-electron chi connectivity index (χ0n) is 7.82. The number of rotatable bonds is 2. The molecule has 1 atom stereocenters. The van der Waals surface area contributed by atoms with Gasteiger partial charge in [0.15, 0.2) is 0 Å². The lowest BCUT2D eigenvalue weighted by Gasteiger charge is -2.09. The van der Waals surface area contributed by atoms with Gasteiger partial charge in [0.05, 0.1) is 7.57 Å². The summed E-state index contributed by atoms with van der Waals surface area (Å²) in [4.78, 5) is 4.12. The minimum absolute atomic E-state index is 0.640. The number of aliphatic hydroxyl groups is 1. The first kappa shape index (κ1) is 11.3. The SMILES string of the molecule is Cn1ccnc1C(O)c1cc(Br)sc1Br. The minimum Gasteiger partial charge on any atom is -0.380 e. The second kappa shape index (κ2) is 4.37. The Labute approximate surface area is 108 Å². The van der Waals surface area contributed by atoms with Crippen LogP contribution in [-0.4, -0.2) is 14.7 Å². The lowest BCUT2D eigenvalue weighted by Crippen LogP contribution is -2.06. The number of halogens is 2. The molecule has 0 saturated heterocycles. The van der Waals surface area contributed by atoms with Crippen LogP contribution in [0.25, 0.3) is 0 Å². The van der Waals surface area contributed by atoms with Crippen molar-refractivity contribution in [3.63, 3.8) is 0 Å². The van der Waals surface area contributed by atoms with E-state index in [9.17, 15) is 5.11 Å². The molecule has 0 spiro atoms. The minimum atomic E-state index is -0.693. The molecule has 1 unspecified atom stereocenters. The summed E-state index contributed by atoms with van der Waals surface area (Å²) in [5.74, 6) is 0.640. The van der Waals surface area contributed by atoms with Gasteiger partial charge in [-0.2, -0.15) is 0 Å². The summed E-state index contributed by atoms with van der Waals surface area (Å²) >= 11 is 8.34. The number of hydrogen-bond acceptors (Lipinski definition) is 3. The van der Waals surface area contributed by atoms with Crippen molar-refractivity contribution < 1.29 is 5.11 Å². The van der Waals surface area contributed by atoms with E-state index in [1.165, 1.54) is 11.3 Å². The van der Waals surface area contributed by atoms with E-state index in [-0.39, 0.29) is 0 Å². The highest BCUT2D eigenvalue weighted by Gasteiger charge is 2.19. The summed E-state index contributed by atoms with van der Waals surface area (Å²) in [6.07, 6.45) is 2.80. The molecule has 0 aliphatic heterocycles. The van der Waals surface area contributed by atoms with Crippen LogP contribution >= 0.6 is 43.2 Å². The van der Waals surface area contributed by atoms with Gasteiger partial charge in [0.25, 0.3) is 0 Å². The zero-order chi connectivity index (χ0) is 11.0. The average molecular weight is 352 g/mol. The van der Waals surface area contributed by atoms with Crippen LogP contribution in [0.1, 0.15) is 17.5 Å². The van der Waals surface area contributed by atoms with E-state index in [4.69, 9.17) is 0 Å². The molecule has 0 radical (unpaired) electrons. The van der Waals surface area contributed by atoms with Crippen molar-refractivity contribution in [2.24, 2.45) is 7.05 Å². The van der Waals surface area contributed by atoms with E-state index in [0.29, 0.717) is 5.82 Å². The molecule has 1 N–H and O–H groups in total. The quantitative estimate of drug-likeness (QED) is 0.902. The molecule has 2 rings (SSSR count). The van der Waals surface area contributed by atoms with Crippen molar-refractivity contribution in [2.75, 3.05) is 0 Å². The summed E-state index contributed by atoms with van der Waals surface area (Å²) in [6, 6.07) is 1.90. The first-order chi connectivity index (χ1) is 7.09. The standard InChI is InChI=1S/C9H8Br2N2OS/c1-13-3-2-12-9(13)7(14)5-4-6(10)15-8(5)11/h2-4,7,14H,1H3. The first-order valence-electron chi connectivity index (χ1n) is 4.19. The van der Waals surface area contributed by atoms with Gasteiger partial charge in [-0.3, -0.25) is 0 Å². The molecular weight excluding hydrogens is 344 g/mol. The Bertz CT molecular complexity index is 480. The van der Waals surface area contributed by atoms with E-state index in [2.05, 4.69) is 36.8 Å². The second-order valence-electron chi connectivity index (χ2n) is 3.08. The molecule has 0 bridgehead atoms. The maximum absolute atomic E-state index is 10.1. The molecule has 0 aromatic carbocycles. The van der Waals surface area contributed by atoms with Crippen molar-refractivity contribution in [3.05, 3.63) is 37.4 Å².